The minimum atomic E-state index is -2.31. The summed E-state index contributed by atoms with van der Waals surface area (Å²) < 4.78 is 14.2. The highest BCUT2D eigenvalue weighted by atomic mass is 31.2. The van der Waals surface area contributed by atoms with Crippen molar-refractivity contribution in [2.45, 2.75) is 291 Å². The van der Waals surface area contributed by atoms with Crippen molar-refractivity contribution < 1.29 is 13.9 Å². The molecule has 6 aromatic rings. The molecule has 0 aromatic heterocycles. The van der Waals surface area contributed by atoms with E-state index in [-0.39, 0.29) is 0 Å². The zero-order chi connectivity index (χ0) is 59.6. The predicted molar refractivity (Wildman–Crippen MR) is 365 cm³/mol. The van der Waals surface area contributed by atoms with Gasteiger partial charge < -0.3 is 13.9 Å². The topological polar surface area (TPSA) is 38.7 Å². The van der Waals surface area contributed by atoms with Crippen LogP contribution in [0.15, 0.2) is 97.1 Å². The van der Waals surface area contributed by atoms with Gasteiger partial charge in [-0.2, -0.15) is 0 Å². The van der Waals surface area contributed by atoms with Crippen molar-refractivity contribution in [1.82, 2.24) is 0 Å². The minimum absolute atomic E-state index is 0.752. The lowest BCUT2D eigenvalue weighted by atomic mass is 9.42. The Morgan fingerprint density at radius 3 is 1.00 bits per heavy atom. The van der Waals surface area contributed by atoms with Crippen LogP contribution in [-0.2, 0) is 81.5 Å². The van der Waals surface area contributed by atoms with Gasteiger partial charge in [0.25, 0.3) is 0 Å². The Morgan fingerprint density at radius 2 is 0.647 bits per heavy atom. The first-order valence-corrected chi connectivity index (χ1v) is 36.5. The second kappa shape index (κ2) is 32.0. The Hall–Kier alpha value is -4.69. The van der Waals surface area contributed by atoms with Crippen LogP contribution in [0, 0.1) is 0 Å². The summed E-state index contributed by atoms with van der Waals surface area (Å²) in [6.07, 6.45) is 40.1. The standard InChI is InChI=1S/C81H111O3P/c1-9-17-25-37-60-49-64(41-29-21-13-5)72-59-80(73-45-33-35-47-75(73)83-85(82)84-76-48-36-34-46-74(76)80)81(77-65(42-30-22-14-6)50-61(38-26-18-10-2)54-69(77)57-68(72)53-60)78-66(43-31-23-15-7)51-62(39-27-19-11-3)55-70(78)58-71-56-63(40-28-20-12-4)52-67(79(71)81)44-32-24-16-8/h33-36,45-56,82H,9-32,37-44,57-59H2,1-8H3. The Labute approximate surface area is 519 Å². The Morgan fingerprint density at radius 1 is 0.353 bits per heavy atom. The van der Waals surface area contributed by atoms with Crippen molar-refractivity contribution in [3.63, 3.8) is 0 Å². The first kappa shape index (κ1) is 64.8. The van der Waals surface area contributed by atoms with Crippen molar-refractivity contribution >= 4 is 8.60 Å². The van der Waals surface area contributed by atoms with Crippen molar-refractivity contribution in [2.75, 3.05) is 0 Å². The Balaban J connectivity index is 1.62. The number of fused-ring (bicyclic) bond motifs is 12. The fourth-order valence-electron chi connectivity index (χ4n) is 16.2. The molecule has 6 aromatic carbocycles. The molecule has 0 amide bonds. The molecule has 0 atom stereocenters. The number of para-hydroxylation sites is 2. The first-order valence-electron chi connectivity index (χ1n) is 35.4. The van der Waals surface area contributed by atoms with Crippen LogP contribution in [0.3, 0.4) is 0 Å². The van der Waals surface area contributed by atoms with Crippen LogP contribution in [0.25, 0.3) is 0 Å². The Kier molecular flexibility index (Phi) is 24.4. The summed E-state index contributed by atoms with van der Waals surface area (Å²) in [6.45, 7) is 19.0. The molecule has 1 N–H and O–H groups in total. The van der Waals surface area contributed by atoms with E-state index in [4.69, 9.17) is 9.05 Å². The second-order valence-corrected chi connectivity index (χ2v) is 27.4. The van der Waals surface area contributed by atoms with Gasteiger partial charge in [-0.15, -0.1) is 0 Å². The molecule has 2 aliphatic carbocycles. The van der Waals surface area contributed by atoms with Gasteiger partial charge in [0.15, 0.2) is 0 Å². The van der Waals surface area contributed by atoms with Crippen LogP contribution in [0.1, 0.15) is 310 Å². The normalized spacial score (nSPS) is 16.5. The molecule has 0 unspecified atom stereocenters. The van der Waals surface area contributed by atoms with Crippen LogP contribution in [0.2, 0.25) is 0 Å². The molecule has 1 heterocycles. The number of aryl methyl sites for hydroxylation is 8. The lowest BCUT2D eigenvalue weighted by Crippen LogP contribution is -2.58. The average molecular weight is 1160 g/mol. The summed E-state index contributed by atoms with van der Waals surface area (Å²) in [5.41, 5.74) is 25.4. The fraction of sp³-hybridized carbons (Fsp3) is 0.556. The average Bonchev–Trinajstić information content (AvgIpc) is 0.667. The molecular weight excluding hydrogens is 1050 g/mol. The number of unbranched alkanes of at least 4 members (excludes halogenated alkanes) is 16. The smallest absolute Gasteiger partial charge is 0.418 e. The summed E-state index contributed by atoms with van der Waals surface area (Å²) in [5.74, 6) is 1.50. The van der Waals surface area contributed by atoms with Gasteiger partial charge in [-0.25, -0.2) is 0 Å². The fourth-order valence-corrected chi connectivity index (χ4v) is 16.8. The van der Waals surface area contributed by atoms with Crippen LogP contribution in [-0.4, -0.2) is 4.89 Å². The molecular formula is C81H111O3P. The molecule has 0 saturated heterocycles. The highest BCUT2D eigenvalue weighted by molar-refractivity contribution is 7.41. The molecule has 0 radical (unpaired) electrons. The summed E-state index contributed by atoms with van der Waals surface area (Å²) in [6, 6.07) is 40.3. The molecule has 2 spiro atoms. The van der Waals surface area contributed by atoms with Gasteiger partial charge in [-0.05, 0) is 223 Å². The Bertz CT molecular complexity index is 2960. The van der Waals surface area contributed by atoms with Gasteiger partial charge >= 0.3 is 8.60 Å². The monoisotopic (exact) mass is 1160 g/mol. The van der Waals surface area contributed by atoms with E-state index in [0.29, 0.717) is 0 Å². The lowest BCUT2D eigenvalue weighted by Gasteiger charge is -2.59. The lowest BCUT2D eigenvalue weighted by molar-refractivity contribution is 0.298. The molecule has 1 aliphatic heterocycles. The summed E-state index contributed by atoms with van der Waals surface area (Å²) >= 11 is 0. The van der Waals surface area contributed by atoms with Gasteiger partial charge in [-0.1, -0.05) is 243 Å². The maximum absolute atomic E-state index is 12.3. The van der Waals surface area contributed by atoms with Gasteiger partial charge in [0.1, 0.15) is 11.5 Å². The third-order valence-electron chi connectivity index (χ3n) is 20.1. The third-order valence-corrected chi connectivity index (χ3v) is 20.8. The highest BCUT2D eigenvalue weighted by Crippen LogP contribution is 2.68. The zero-order valence-corrected chi connectivity index (χ0v) is 55.6. The molecule has 4 heteroatoms. The van der Waals surface area contributed by atoms with Crippen molar-refractivity contribution in [1.29, 1.82) is 0 Å². The van der Waals surface area contributed by atoms with Crippen LogP contribution in [0.5, 0.6) is 11.5 Å². The number of hydrogen-bond acceptors (Lipinski definition) is 3. The van der Waals surface area contributed by atoms with E-state index in [0.717, 1.165) is 101 Å². The van der Waals surface area contributed by atoms with E-state index < -0.39 is 19.4 Å². The largest absolute Gasteiger partial charge is 0.460 e. The van der Waals surface area contributed by atoms with E-state index in [1.807, 2.05) is 0 Å². The molecule has 0 bridgehead atoms. The van der Waals surface area contributed by atoms with Crippen LogP contribution >= 0.6 is 8.60 Å². The van der Waals surface area contributed by atoms with Gasteiger partial charge in [0.05, 0.1) is 5.41 Å². The van der Waals surface area contributed by atoms with Gasteiger partial charge in [0.2, 0.25) is 0 Å². The van der Waals surface area contributed by atoms with E-state index in [2.05, 4.69) is 152 Å². The summed E-state index contributed by atoms with van der Waals surface area (Å²) in [4.78, 5) is 12.3. The minimum Gasteiger partial charge on any atom is -0.418 e. The molecule has 0 saturated carbocycles. The second-order valence-electron chi connectivity index (χ2n) is 26.5. The van der Waals surface area contributed by atoms with Gasteiger partial charge in [-0.3, -0.25) is 0 Å². The third kappa shape index (κ3) is 14.4. The predicted octanol–water partition coefficient (Wildman–Crippen LogP) is 22.9. The van der Waals surface area contributed by atoms with Crippen LogP contribution in [0.4, 0.5) is 0 Å². The van der Waals surface area contributed by atoms with Crippen molar-refractivity contribution in [3.8, 4) is 11.5 Å². The highest BCUT2D eigenvalue weighted by Gasteiger charge is 2.64. The number of hydrogen-bond donors (Lipinski definition) is 1. The molecule has 9 rings (SSSR count). The SMILES string of the molecule is CCCCCc1cc(CCCCC)c2c(c1)Cc1cc(CCCCC)cc(CCCCC)c1C1(c3c(CCCCC)cc(CCCCC)cc3Cc3cc(CCCCC)cc(CCCCC)c31)C1(C2)c2ccccc2OP(O)Oc2ccccc21. The van der Waals surface area contributed by atoms with Crippen LogP contribution < -0.4 is 9.05 Å². The van der Waals surface area contributed by atoms with E-state index >= 15 is 0 Å². The first-order chi connectivity index (χ1) is 41.7. The number of benzene rings is 6. The van der Waals surface area contributed by atoms with E-state index in [1.54, 1.807) is 38.9 Å². The quantitative estimate of drug-likeness (QED) is 0.0338. The molecule has 458 valence electrons. The van der Waals surface area contributed by atoms with Crippen molar-refractivity contribution in [3.05, 3.63) is 197 Å². The molecule has 3 nitrogen and oxygen atoms in total. The summed E-state index contributed by atoms with van der Waals surface area (Å²) in [5, 5.41) is 0. The molecule has 0 fully saturated rings. The number of rotatable bonds is 32. The molecule has 3 aliphatic rings. The van der Waals surface area contributed by atoms with Gasteiger partial charge in [0, 0.05) is 16.5 Å². The summed E-state index contributed by atoms with van der Waals surface area (Å²) in [7, 11) is -2.31. The maximum Gasteiger partial charge on any atom is 0.460 e. The van der Waals surface area contributed by atoms with E-state index in [1.165, 1.54) is 196 Å². The van der Waals surface area contributed by atoms with E-state index in [9.17, 15) is 4.89 Å². The maximum atomic E-state index is 12.3. The zero-order valence-electron chi connectivity index (χ0n) is 54.7. The van der Waals surface area contributed by atoms with Crippen molar-refractivity contribution in [2.24, 2.45) is 0 Å². The molecule has 85 heavy (non-hydrogen) atoms.